The highest BCUT2D eigenvalue weighted by Crippen LogP contribution is 2.25. The zero-order chi connectivity index (χ0) is 13.7. The fourth-order valence-electron chi connectivity index (χ4n) is 1.43. The Morgan fingerprint density at radius 2 is 2.33 bits per heavy atom. The first-order chi connectivity index (χ1) is 8.54. The van der Waals surface area contributed by atoms with Crippen molar-refractivity contribution in [2.45, 2.75) is 19.9 Å². The van der Waals surface area contributed by atoms with Crippen LogP contribution in [0.1, 0.15) is 40.7 Å². The predicted molar refractivity (Wildman–Crippen MR) is 57.8 cm³/mol. The van der Waals surface area contributed by atoms with Crippen LogP contribution in [0.25, 0.3) is 0 Å². The lowest BCUT2D eigenvalue weighted by atomic mass is 10.0. The summed E-state index contributed by atoms with van der Waals surface area (Å²) in [6.45, 7) is 1.44. The monoisotopic (exact) mass is 255 g/mol. The standard InChI is InChI=1S/C11H11F2N3O2/c1-2-18-11(17)8-6(4-14)3-7(5-15)16-9(8)10(12)13/h3,10H,2,4,14H2,1H3. The van der Waals surface area contributed by atoms with E-state index < -0.39 is 18.1 Å². The molecule has 5 nitrogen and oxygen atoms in total. The lowest BCUT2D eigenvalue weighted by Gasteiger charge is -2.12. The number of nitriles is 1. The number of nitrogens with two attached hydrogens (primary N) is 1. The van der Waals surface area contributed by atoms with Crippen LogP contribution in [0, 0.1) is 11.3 Å². The van der Waals surface area contributed by atoms with Gasteiger partial charge < -0.3 is 10.5 Å². The molecule has 0 fully saturated rings. The number of esters is 1. The van der Waals surface area contributed by atoms with E-state index >= 15 is 0 Å². The van der Waals surface area contributed by atoms with Crippen molar-refractivity contribution in [3.05, 3.63) is 28.6 Å². The van der Waals surface area contributed by atoms with Crippen LogP contribution >= 0.6 is 0 Å². The number of hydrogen-bond donors (Lipinski definition) is 1. The van der Waals surface area contributed by atoms with E-state index in [2.05, 4.69) is 9.72 Å². The minimum atomic E-state index is -2.98. The Morgan fingerprint density at radius 1 is 1.67 bits per heavy atom. The third-order valence-electron chi connectivity index (χ3n) is 2.15. The minimum absolute atomic E-state index is 0.0471. The highest BCUT2D eigenvalue weighted by Gasteiger charge is 2.25. The molecular formula is C11H11F2N3O2. The van der Waals surface area contributed by atoms with Crippen LogP contribution in [0.15, 0.2) is 6.07 Å². The van der Waals surface area contributed by atoms with Gasteiger partial charge in [-0.3, -0.25) is 0 Å². The smallest absolute Gasteiger partial charge is 0.340 e. The van der Waals surface area contributed by atoms with Gasteiger partial charge in [-0.25, -0.2) is 18.6 Å². The molecule has 18 heavy (non-hydrogen) atoms. The molecule has 1 aromatic rings. The number of carbonyl (C=O) groups is 1. The molecule has 0 spiro atoms. The van der Waals surface area contributed by atoms with E-state index in [4.69, 9.17) is 11.0 Å². The van der Waals surface area contributed by atoms with Crippen LogP contribution < -0.4 is 5.73 Å². The molecule has 0 radical (unpaired) electrons. The molecular weight excluding hydrogens is 244 g/mol. The molecule has 96 valence electrons. The molecule has 1 rings (SSSR count). The summed E-state index contributed by atoms with van der Waals surface area (Å²) in [5.41, 5.74) is 4.17. The van der Waals surface area contributed by atoms with Crippen LogP contribution in [0.5, 0.6) is 0 Å². The topological polar surface area (TPSA) is 89.0 Å². The van der Waals surface area contributed by atoms with E-state index in [1.54, 1.807) is 13.0 Å². The molecule has 0 atom stereocenters. The Bertz CT molecular complexity index is 498. The van der Waals surface area contributed by atoms with E-state index in [9.17, 15) is 13.6 Å². The quantitative estimate of drug-likeness (QED) is 0.824. The average Bonchev–Trinajstić information content (AvgIpc) is 2.37. The normalized spacial score (nSPS) is 10.2. The molecule has 0 unspecified atom stereocenters. The summed E-state index contributed by atoms with van der Waals surface area (Å²) >= 11 is 0. The molecule has 0 saturated heterocycles. The Morgan fingerprint density at radius 3 is 2.78 bits per heavy atom. The Labute approximate surface area is 102 Å². The number of hydrogen-bond acceptors (Lipinski definition) is 5. The number of aromatic nitrogens is 1. The van der Waals surface area contributed by atoms with Crippen LogP contribution in [0.4, 0.5) is 8.78 Å². The van der Waals surface area contributed by atoms with Gasteiger partial charge in [0.2, 0.25) is 0 Å². The van der Waals surface area contributed by atoms with Gasteiger partial charge in [-0.2, -0.15) is 5.26 Å². The molecule has 2 N–H and O–H groups in total. The number of carbonyl (C=O) groups excluding carboxylic acids is 1. The van der Waals surface area contributed by atoms with Crippen molar-refractivity contribution in [1.82, 2.24) is 4.98 Å². The summed E-state index contributed by atoms with van der Waals surface area (Å²) in [6, 6.07) is 2.85. The van der Waals surface area contributed by atoms with Crippen molar-refractivity contribution < 1.29 is 18.3 Å². The molecule has 0 bridgehead atoms. The summed E-state index contributed by atoms with van der Waals surface area (Å²) < 4.78 is 30.4. The van der Waals surface area contributed by atoms with Gasteiger partial charge in [-0.1, -0.05) is 0 Å². The Kier molecular flexibility index (Phi) is 4.68. The summed E-state index contributed by atoms with van der Waals surface area (Å²) in [4.78, 5) is 15.1. The zero-order valence-electron chi connectivity index (χ0n) is 9.61. The maximum Gasteiger partial charge on any atom is 0.340 e. The first kappa shape index (κ1) is 14.0. The van der Waals surface area contributed by atoms with E-state index in [-0.39, 0.29) is 30.0 Å². The molecule has 0 aliphatic heterocycles. The van der Waals surface area contributed by atoms with E-state index in [1.165, 1.54) is 6.07 Å². The maximum atomic E-state index is 12.8. The molecule has 0 aliphatic rings. The fraction of sp³-hybridized carbons (Fsp3) is 0.364. The first-order valence-corrected chi connectivity index (χ1v) is 5.14. The second-order valence-corrected chi connectivity index (χ2v) is 3.26. The van der Waals surface area contributed by atoms with Crippen molar-refractivity contribution in [1.29, 1.82) is 5.26 Å². The largest absolute Gasteiger partial charge is 0.462 e. The maximum absolute atomic E-state index is 12.8. The van der Waals surface area contributed by atoms with Gasteiger partial charge >= 0.3 is 5.97 Å². The zero-order valence-corrected chi connectivity index (χ0v) is 9.61. The number of rotatable bonds is 4. The van der Waals surface area contributed by atoms with Gasteiger partial charge in [0.25, 0.3) is 6.43 Å². The van der Waals surface area contributed by atoms with Crippen molar-refractivity contribution in [2.24, 2.45) is 5.73 Å². The van der Waals surface area contributed by atoms with E-state index in [1.807, 2.05) is 0 Å². The van der Waals surface area contributed by atoms with Crippen molar-refractivity contribution in [3.8, 4) is 6.07 Å². The van der Waals surface area contributed by atoms with Gasteiger partial charge in [-0.15, -0.1) is 0 Å². The number of alkyl halides is 2. The van der Waals surface area contributed by atoms with Crippen LogP contribution in [0.3, 0.4) is 0 Å². The molecule has 1 aromatic heterocycles. The van der Waals surface area contributed by atoms with E-state index in [0.29, 0.717) is 0 Å². The lowest BCUT2D eigenvalue weighted by Crippen LogP contribution is -2.16. The predicted octanol–water partition coefficient (Wildman–Crippen LogP) is 1.53. The molecule has 0 saturated carbocycles. The summed E-state index contributed by atoms with van der Waals surface area (Å²) in [6.07, 6.45) is -2.98. The van der Waals surface area contributed by atoms with Crippen molar-refractivity contribution >= 4 is 5.97 Å². The van der Waals surface area contributed by atoms with Gasteiger partial charge in [0.05, 0.1) is 12.2 Å². The Hall–Kier alpha value is -2.07. The third kappa shape index (κ3) is 2.78. The molecule has 0 amide bonds. The highest BCUT2D eigenvalue weighted by molar-refractivity contribution is 5.92. The van der Waals surface area contributed by atoms with Crippen LogP contribution in [-0.2, 0) is 11.3 Å². The fourth-order valence-corrected chi connectivity index (χ4v) is 1.43. The third-order valence-corrected chi connectivity index (χ3v) is 2.15. The number of nitrogens with zero attached hydrogens (tertiary/aromatic N) is 2. The lowest BCUT2D eigenvalue weighted by molar-refractivity contribution is 0.0512. The minimum Gasteiger partial charge on any atom is -0.462 e. The number of pyridine rings is 1. The average molecular weight is 255 g/mol. The summed E-state index contributed by atoms with van der Waals surface area (Å²) in [5, 5.41) is 8.68. The molecule has 7 heteroatoms. The van der Waals surface area contributed by atoms with Crippen molar-refractivity contribution in [3.63, 3.8) is 0 Å². The first-order valence-electron chi connectivity index (χ1n) is 5.14. The Balaban J connectivity index is 3.45. The van der Waals surface area contributed by atoms with Crippen molar-refractivity contribution in [2.75, 3.05) is 6.61 Å². The SMILES string of the molecule is CCOC(=O)c1c(CN)cc(C#N)nc1C(F)F. The van der Waals surface area contributed by atoms with Gasteiger partial charge in [-0.05, 0) is 18.6 Å². The molecule has 0 aliphatic carbocycles. The summed E-state index contributed by atoms with van der Waals surface area (Å²) in [7, 11) is 0. The summed E-state index contributed by atoms with van der Waals surface area (Å²) in [5.74, 6) is -0.912. The second kappa shape index (κ2) is 6.02. The number of halogens is 2. The van der Waals surface area contributed by atoms with Crippen LogP contribution in [-0.4, -0.2) is 17.6 Å². The number of ether oxygens (including phenoxy) is 1. The molecule has 1 heterocycles. The van der Waals surface area contributed by atoms with Gasteiger partial charge in [0.15, 0.2) is 0 Å². The van der Waals surface area contributed by atoms with Gasteiger partial charge in [0, 0.05) is 6.54 Å². The van der Waals surface area contributed by atoms with E-state index in [0.717, 1.165) is 0 Å². The van der Waals surface area contributed by atoms with Crippen LogP contribution in [0.2, 0.25) is 0 Å². The van der Waals surface area contributed by atoms with Gasteiger partial charge in [0.1, 0.15) is 17.5 Å². The second-order valence-electron chi connectivity index (χ2n) is 3.26. The molecule has 0 aromatic carbocycles. The highest BCUT2D eigenvalue weighted by atomic mass is 19.3.